The average molecular weight is 569 g/mol. The van der Waals surface area contributed by atoms with E-state index < -0.39 is 0 Å². The van der Waals surface area contributed by atoms with Crippen molar-refractivity contribution in [2.24, 2.45) is 0 Å². The number of thiophene rings is 1. The van der Waals surface area contributed by atoms with Gasteiger partial charge in [0.25, 0.3) is 12.0 Å². The van der Waals surface area contributed by atoms with Crippen LogP contribution in [0.3, 0.4) is 0 Å². The summed E-state index contributed by atoms with van der Waals surface area (Å²) in [5.41, 5.74) is 7.52. The van der Waals surface area contributed by atoms with Crippen LogP contribution in [0.1, 0.15) is 53.7 Å². The van der Waals surface area contributed by atoms with Gasteiger partial charge in [0.1, 0.15) is 0 Å². The van der Waals surface area contributed by atoms with Crippen molar-refractivity contribution in [1.82, 2.24) is 20.1 Å². The fourth-order valence-corrected chi connectivity index (χ4v) is 7.74. The highest BCUT2D eigenvalue weighted by Gasteiger charge is 2.45. The summed E-state index contributed by atoms with van der Waals surface area (Å²) in [5, 5.41) is 25.0. The highest BCUT2D eigenvalue weighted by Crippen LogP contribution is 2.46. The maximum atomic E-state index is 12.5. The van der Waals surface area contributed by atoms with E-state index in [1.54, 1.807) is 23.6 Å². The summed E-state index contributed by atoms with van der Waals surface area (Å²) in [7, 11) is 0. The summed E-state index contributed by atoms with van der Waals surface area (Å²) in [6, 6.07) is 12.8. The van der Waals surface area contributed by atoms with Crippen LogP contribution in [-0.4, -0.2) is 51.0 Å². The first-order valence-electron chi connectivity index (χ1n) is 14.0. The molecule has 1 saturated heterocycles. The molecule has 1 saturated carbocycles. The number of nitrogens with zero attached hydrogens (tertiary/aromatic N) is 5. The van der Waals surface area contributed by atoms with Gasteiger partial charge in [0, 0.05) is 58.6 Å². The molecule has 10 heteroatoms. The van der Waals surface area contributed by atoms with Crippen molar-refractivity contribution in [2.75, 3.05) is 18.0 Å². The number of nitriles is 1. The van der Waals surface area contributed by atoms with E-state index in [4.69, 9.17) is 9.90 Å². The maximum absolute atomic E-state index is 12.5. The van der Waals surface area contributed by atoms with Gasteiger partial charge in [-0.25, -0.2) is 4.68 Å². The largest absolute Gasteiger partial charge is 0.483 e. The smallest absolute Gasteiger partial charge is 0.290 e. The molecule has 3 aromatic heterocycles. The average Bonchev–Trinajstić information content (AvgIpc) is 3.59. The van der Waals surface area contributed by atoms with Gasteiger partial charge < -0.3 is 15.3 Å². The monoisotopic (exact) mass is 568 g/mol. The van der Waals surface area contributed by atoms with Crippen molar-refractivity contribution < 1.29 is 9.90 Å². The number of benzene rings is 1. The Morgan fingerprint density at radius 2 is 2.07 bits per heavy atom. The Hall–Kier alpha value is -4.07. The number of carbonyl (C=O) groups is 1. The molecule has 5 heterocycles. The van der Waals surface area contributed by atoms with Crippen molar-refractivity contribution in [2.45, 2.75) is 63.6 Å². The molecular weight excluding hydrogens is 536 g/mol. The van der Waals surface area contributed by atoms with Crippen LogP contribution in [0.15, 0.2) is 47.5 Å². The minimum Gasteiger partial charge on any atom is -0.483 e. The zero-order valence-electron chi connectivity index (χ0n) is 23.0. The summed E-state index contributed by atoms with van der Waals surface area (Å²) in [4.78, 5) is 29.2. The van der Waals surface area contributed by atoms with Gasteiger partial charge in [-0.05, 0) is 80.8 Å². The number of anilines is 1. The fraction of sp³-hybridized carbons (Fsp3) is 0.387. The van der Waals surface area contributed by atoms with Crippen LogP contribution in [0.5, 0.6) is 0 Å². The first kappa shape index (κ1) is 27.1. The van der Waals surface area contributed by atoms with Gasteiger partial charge >= 0.3 is 0 Å². The number of aryl methyl sites for hydroxylation is 2. The second-order valence-electron chi connectivity index (χ2n) is 11.2. The molecule has 9 nitrogen and oxygen atoms in total. The summed E-state index contributed by atoms with van der Waals surface area (Å²) in [6.07, 6.45) is 10.8. The normalized spacial score (nSPS) is 18.7. The number of aromatic nitrogens is 3. The fourth-order valence-electron chi connectivity index (χ4n) is 6.61. The third kappa shape index (κ3) is 5.11. The molecule has 4 aromatic rings. The highest BCUT2D eigenvalue weighted by molar-refractivity contribution is 7.19. The molecule has 2 fully saturated rings. The van der Waals surface area contributed by atoms with Crippen molar-refractivity contribution in [3.8, 4) is 17.2 Å². The van der Waals surface area contributed by atoms with E-state index in [1.807, 2.05) is 13.1 Å². The number of nitrogens with one attached hydrogen (secondary N) is 1. The number of carboxylic acid groups (broad SMARTS) is 1. The van der Waals surface area contributed by atoms with Crippen molar-refractivity contribution >= 4 is 33.7 Å². The topological polar surface area (TPSA) is 124 Å². The van der Waals surface area contributed by atoms with Gasteiger partial charge in [-0.1, -0.05) is 0 Å². The molecule has 1 atom stereocenters. The Morgan fingerprint density at radius 3 is 2.78 bits per heavy atom. The van der Waals surface area contributed by atoms with Crippen molar-refractivity contribution in [3.05, 3.63) is 74.6 Å². The molecule has 0 unspecified atom stereocenters. The van der Waals surface area contributed by atoms with Gasteiger partial charge in [0.15, 0.2) is 0 Å². The lowest BCUT2D eigenvalue weighted by molar-refractivity contribution is -0.122. The Bertz CT molecular complexity index is 1720. The van der Waals surface area contributed by atoms with Gasteiger partial charge in [0.2, 0.25) is 0 Å². The molecule has 0 radical (unpaired) electrons. The van der Waals surface area contributed by atoms with Crippen LogP contribution in [0.25, 0.3) is 21.3 Å². The Morgan fingerprint density at radius 1 is 1.24 bits per heavy atom. The zero-order valence-corrected chi connectivity index (χ0v) is 23.8. The number of pyridine rings is 1. The quantitative estimate of drug-likeness (QED) is 0.345. The molecule has 2 N–H and O–H groups in total. The van der Waals surface area contributed by atoms with E-state index in [0.717, 1.165) is 57.7 Å². The van der Waals surface area contributed by atoms with Crippen LogP contribution < -0.4 is 15.8 Å². The van der Waals surface area contributed by atoms with Crippen LogP contribution >= 0.6 is 11.3 Å². The Kier molecular flexibility index (Phi) is 7.32. The lowest BCUT2D eigenvalue weighted by atomic mass is 9.75. The van der Waals surface area contributed by atoms with E-state index in [1.165, 1.54) is 41.6 Å². The zero-order chi connectivity index (χ0) is 28.6. The maximum Gasteiger partial charge on any atom is 0.290 e. The van der Waals surface area contributed by atoms with Crippen molar-refractivity contribution in [1.29, 1.82) is 5.26 Å². The number of hydrogen-bond donors (Lipinski definition) is 2. The lowest BCUT2D eigenvalue weighted by Crippen LogP contribution is -2.46. The minimum absolute atomic E-state index is 0.100. The second-order valence-corrected chi connectivity index (χ2v) is 12.4. The first-order valence-corrected chi connectivity index (χ1v) is 14.8. The van der Waals surface area contributed by atoms with E-state index in [9.17, 15) is 10.1 Å². The summed E-state index contributed by atoms with van der Waals surface area (Å²) in [6.45, 7) is 4.10. The molecule has 0 amide bonds. The van der Waals surface area contributed by atoms with Crippen LogP contribution in [0, 0.1) is 18.3 Å². The molecule has 3 aliphatic rings. The second kappa shape index (κ2) is 11.1. The molecule has 0 bridgehead atoms. The standard InChI is InChI=1S/C30H30N6OS.CH2O2/c1-19-10-27(37)36(34-16-19)18-23-13-26-29(38-23)24(5-8-32-26)25-12-20(15-31)11-21-4-2-9-35(28(21)25)22-14-30(33-17-22)6-3-7-30;2-1-3/h5,8,10-13,16,22,33H,2-4,6-7,9,14,17-18H2,1H3;1H,(H,2,3)/t22-;/m1./s1. The molecule has 1 aromatic carbocycles. The van der Waals surface area contributed by atoms with Gasteiger partial charge in [0.05, 0.1) is 34.6 Å². The van der Waals surface area contributed by atoms with Gasteiger partial charge in [-0.15, -0.1) is 11.3 Å². The Labute approximate surface area is 242 Å². The SMILES string of the molecule is Cc1cnn(Cc2cc3nccc(-c4cc(C#N)cc5c4N([C@H]4CNC6(CCC6)C4)CCC5)c3s2)c(=O)c1.O=CO. The first-order chi connectivity index (χ1) is 19.9. The Balaban J connectivity index is 0.000000967. The molecule has 1 spiro atoms. The molecule has 210 valence electrons. The number of rotatable bonds is 4. The third-order valence-electron chi connectivity index (χ3n) is 8.61. The van der Waals surface area contributed by atoms with Crippen LogP contribution in [-0.2, 0) is 17.8 Å². The van der Waals surface area contributed by atoms with Crippen LogP contribution in [0.4, 0.5) is 5.69 Å². The summed E-state index contributed by atoms with van der Waals surface area (Å²) in [5.74, 6) is 0. The number of hydrogen-bond acceptors (Lipinski definition) is 8. The third-order valence-corrected chi connectivity index (χ3v) is 9.75. The summed E-state index contributed by atoms with van der Waals surface area (Å²) < 4.78 is 2.59. The van der Waals surface area contributed by atoms with E-state index in [0.29, 0.717) is 23.7 Å². The minimum atomic E-state index is -0.250. The lowest BCUT2D eigenvalue weighted by Gasteiger charge is -2.41. The highest BCUT2D eigenvalue weighted by atomic mass is 32.1. The van der Waals surface area contributed by atoms with Crippen LogP contribution in [0.2, 0.25) is 0 Å². The molecule has 7 rings (SSSR count). The van der Waals surface area contributed by atoms with E-state index in [2.05, 4.69) is 50.6 Å². The number of fused-ring (bicyclic) bond motifs is 2. The van der Waals surface area contributed by atoms with Gasteiger partial charge in [-0.3, -0.25) is 14.6 Å². The molecule has 2 aliphatic heterocycles. The van der Waals surface area contributed by atoms with Crippen molar-refractivity contribution in [3.63, 3.8) is 0 Å². The molecule has 41 heavy (non-hydrogen) atoms. The summed E-state index contributed by atoms with van der Waals surface area (Å²) >= 11 is 1.66. The van der Waals surface area contributed by atoms with E-state index in [-0.39, 0.29) is 12.0 Å². The molecule has 1 aliphatic carbocycles. The van der Waals surface area contributed by atoms with E-state index >= 15 is 0 Å². The van der Waals surface area contributed by atoms with Gasteiger partial charge in [-0.2, -0.15) is 10.4 Å². The predicted molar refractivity (Wildman–Crippen MR) is 159 cm³/mol. The molecular formula is C31H32N6O3S. The predicted octanol–water partition coefficient (Wildman–Crippen LogP) is 4.49.